The van der Waals surface area contributed by atoms with E-state index in [1.54, 1.807) is 0 Å². The summed E-state index contributed by atoms with van der Waals surface area (Å²) < 4.78 is 5.76. The third kappa shape index (κ3) is 4.47. The largest absolute Gasteiger partial charge is 0.492 e. The number of fused-ring (bicyclic) bond motifs is 1. The zero-order valence-electron chi connectivity index (χ0n) is 14.2. The maximum absolute atomic E-state index is 5.76. The molecule has 0 radical (unpaired) electrons. The molecule has 2 rings (SSSR count). The van der Waals surface area contributed by atoms with Gasteiger partial charge >= 0.3 is 0 Å². The molecule has 1 aromatic carbocycles. The minimum absolute atomic E-state index is 0.168. The van der Waals surface area contributed by atoms with E-state index in [-0.39, 0.29) is 5.41 Å². The first-order valence-electron chi connectivity index (χ1n) is 8.50. The summed E-state index contributed by atoms with van der Waals surface area (Å²) >= 11 is 0. The van der Waals surface area contributed by atoms with Gasteiger partial charge < -0.3 is 10.1 Å². The number of ether oxygens (including phenoxy) is 1. The van der Waals surface area contributed by atoms with Crippen LogP contribution in [0.15, 0.2) is 18.2 Å². The summed E-state index contributed by atoms with van der Waals surface area (Å²) in [6.07, 6.45) is 4.95. The monoisotopic (exact) mass is 289 g/mol. The van der Waals surface area contributed by atoms with E-state index in [0.717, 1.165) is 31.4 Å². The van der Waals surface area contributed by atoms with E-state index in [1.165, 1.54) is 36.8 Å². The van der Waals surface area contributed by atoms with E-state index in [1.807, 2.05) is 0 Å². The molecule has 0 amide bonds. The van der Waals surface area contributed by atoms with Crippen LogP contribution in [0.2, 0.25) is 0 Å². The molecule has 0 saturated carbocycles. The SMILES string of the molecule is CCCNCCC(C)CCc1ccc2c(c1)C(C)(C)CO2. The Bertz CT molecular complexity index is 453. The Morgan fingerprint density at radius 1 is 1.24 bits per heavy atom. The Hall–Kier alpha value is -1.02. The molecule has 21 heavy (non-hydrogen) atoms. The van der Waals surface area contributed by atoms with Crippen LogP contribution in [0.1, 0.15) is 58.1 Å². The molecule has 1 aliphatic heterocycles. The van der Waals surface area contributed by atoms with Gasteiger partial charge in [-0.3, -0.25) is 0 Å². The highest BCUT2D eigenvalue weighted by Gasteiger charge is 2.31. The minimum Gasteiger partial charge on any atom is -0.492 e. The minimum atomic E-state index is 0.168. The van der Waals surface area contributed by atoms with Gasteiger partial charge in [0.05, 0.1) is 6.61 Å². The fourth-order valence-electron chi connectivity index (χ4n) is 2.93. The molecule has 0 saturated heterocycles. The molecule has 2 nitrogen and oxygen atoms in total. The molecule has 118 valence electrons. The van der Waals surface area contributed by atoms with Crippen molar-refractivity contribution in [3.63, 3.8) is 0 Å². The summed E-state index contributed by atoms with van der Waals surface area (Å²) in [4.78, 5) is 0. The lowest BCUT2D eigenvalue weighted by Gasteiger charge is -2.16. The van der Waals surface area contributed by atoms with Gasteiger partial charge in [-0.05, 0) is 56.3 Å². The summed E-state index contributed by atoms with van der Waals surface area (Å²) in [6, 6.07) is 6.76. The Balaban J connectivity index is 1.81. The molecule has 1 aromatic rings. The molecular formula is C19H31NO. The first kappa shape index (κ1) is 16.4. The van der Waals surface area contributed by atoms with E-state index >= 15 is 0 Å². The van der Waals surface area contributed by atoms with E-state index < -0.39 is 0 Å². The van der Waals surface area contributed by atoms with Crippen LogP contribution in [0.25, 0.3) is 0 Å². The van der Waals surface area contributed by atoms with Crippen LogP contribution in [0.5, 0.6) is 5.75 Å². The van der Waals surface area contributed by atoms with Crippen molar-refractivity contribution >= 4 is 0 Å². The molecule has 1 unspecified atom stereocenters. The highest BCUT2D eigenvalue weighted by atomic mass is 16.5. The van der Waals surface area contributed by atoms with Crippen molar-refractivity contribution < 1.29 is 4.74 Å². The molecule has 0 aromatic heterocycles. The molecule has 0 aliphatic carbocycles. The van der Waals surface area contributed by atoms with Crippen LogP contribution in [-0.2, 0) is 11.8 Å². The van der Waals surface area contributed by atoms with Crippen molar-refractivity contribution in [3.8, 4) is 5.75 Å². The van der Waals surface area contributed by atoms with Crippen LogP contribution >= 0.6 is 0 Å². The smallest absolute Gasteiger partial charge is 0.123 e. The molecule has 1 heterocycles. The van der Waals surface area contributed by atoms with Crippen molar-refractivity contribution in [3.05, 3.63) is 29.3 Å². The lowest BCUT2D eigenvalue weighted by Crippen LogP contribution is -2.18. The standard InChI is InChI=1S/C19H31NO/c1-5-11-20-12-10-15(2)6-7-16-8-9-18-17(13-16)19(3,4)14-21-18/h8-9,13,15,20H,5-7,10-12,14H2,1-4H3. The zero-order valence-corrected chi connectivity index (χ0v) is 14.2. The third-order valence-corrected chi connectivity index (χ3v) is 4.53. The van der Waals surface area contributed by atoms with Crippen LogP contribution in [0.3, 0.4) is 0 Å². The van der Waals surface area contributed by atoms with Gasteiger partial charge in [0, 0.05) is 11.0 Å². The van der Waals surface area contributed by atoms with E-state index in [9.17, 15) is 0 Å². The Morgan fingerprint density at radius 2 is 2.05 bits per heavy atom. The van der Waals surface area contributed by atoms with Crippen molar-refractivity contribution in [1.82, 2.24) is 5.32 Å². The topological polar surface area (TPSA) is 21.3 Å². The molecule has 1 atom stereocenters. The Labute approximate surface area is 130 Å². The average molecular weight is 289 g/mol. The Kier molecular flexibility index (Phi) is 5.69. The molecule has 0 bridgehead atoms. The van der Waals surface area contributed by atoms with Gasteiger partial charge in [-0.2, -0.15) is 0 Å². The summed E-state index contributed by atoms with van der Waals surface area (Å²) in [6.45, 7) is 12.2. The molecule has 1 aliphatic rings. The van der Waals surface area contributed by atoms with Gasteiger partial charge in [0.25, 0.3) is 0 Å². The normalized spacial score (nSPS) is 17.3. The number of hydrogen-bond acceptors (Lipinski definition) is 2. The van der Waals surface area contributed by atoms with E-state index in [4.69, 9.17) is 4.74 Å². The fourth-order valence-corrected chi connectivity index (χ4v) is 2.93. The summed E-state index contributed by atoms with van der Waals surface area (Å²) in [7, 11) is 0. The fraction of sp³-hybridized carbons (Fsp3) is 0.684. The van der Waals surface area contributed by atoms with Crippen molar-refractivity contribution in [2.75, 3.05) is 19.7 Å². The second-order valence-electron chi connectivity index (χ2n) is 7.19. The highest BCUT2D eigenvalue weighted by molar-refractivity contribution is 5.45. The van der Waals surface area contributed by atoms with Crippen LogP contribution in [-0.4, -0.2) is 19.7 Å². The summed E-state index contributed by atoms with van der Waals surface area (Å²) in [5.74, 6) is 1.87. The van der Waals surface area contributed by atoms with Gasteiger partial charge in [-0.25, -0.2) is 0 Å². The highest BCUT2D eigenvalue weighted by Crippen LogP contribution is 2.38. The Morgan fingerprint density at radius 3 is 2.81 bits per heavy atom. The molecule has 0 fully saturated rings. The first-order valence-corrected chi connectivity index (χ1v) is 8.50. The second-order valence-corrected chi connectivity index (χ2v) is 7.19. The maximum atomic E-state index is 5.76. The van der Waals surface area contributed by atoms with Gasteiger partial charge in [-0.1, -0.05) is 39.8 Å². The molecule has 0 spiro atoms. The maximum Gasteiger partial charge on any atom is 0.123 e. The van der Waals surface area contributed by atoms with E-state index in [2.05, 4.69) is 51.2 Å². The van der Waals surface area contributed by atoms with Gasteiger partial charge in [0.2, 0.25) is 0 Å². The predicted octanol–water partition coefficient (Wildman–Crippen LogP) is 4.32. The molecular weight excluding hydrogens is 258 g/mol. The first-order chi connectivity index (χ1) is 10.0. The van der Waals surface area contributed by atoms with Gasteiger partial charge in [0.15, 0.2) is 0 Å². The number of hydrogen-bond donors (Lipinski definition) is 1. The predicted molar refractivity (Wildman–Crippen MR) is 90.2 cm³/mol. The lowest BCUT2D eigenvalue weighted by molar-refractivity contribution is 0.291. The van der Waals surface area contributed by atoms with Crippen LogP contribution < -0.4 is 10.1 Å². The van der Waals surface area contributed by atoms with Crippen molar-refractivity contribution in [2.45, 2.75) is 58.8 Å². The lowest BCUT2D eigenvalue weighted by atomic mass is 9.85. The van der Waals surface area contributed by atoms with Crippen LogP contribution in [0, 0.1) is 5.92 Å². The van der Waals surface area contributed by atoms with Crippen LogP contribution in [0.4, 0.5) is 0 Å². The second kappa shape index (κ2) is 7.31. The van der Waals surface area contributed by atoms with Crippen molar-refractivity contribution in [2.24, 2.45) is 5.92 Å². The third-order valence-electron chi connectivity index (χ3n) is 4.53. The van der Waals surface area contributed by atoms with Gasteiger partial charge in [-0.15, -0.1) is 0 Å². The molecule has 1 N–H and O–H groups in total. The van der Waals surface area contributed by atoms with Gasteiger partial charge in [0.1, 0.15) is 5.75 Å². The summed E-state index contributed by atoms with van der Waals surface area (Å²) in [5.41, 5.74) is 3.01. The number of benzene rings is 1. The van der Waals surface area contributed by atoms with E-state index in [0.29, 0.717) is 0 Å². The quantitative estimate of drug-likeness (QED) is 0.720. The number of rotatable bonds is 8. The van der Waals surface area contributed by atoms with Crippen molar-refractivity contribution in [1.29, 1.82) is 0 Å². The number of nitrogens with one attached hydrogen (secondary N) is 1. The molecule has 2 heteroatoms. The average Bonchev–Trinajstić information content (AvgIpc) is 2.77. The zero-order chi connectivity index (χ0) is 15.3. The summed E-state index contributed by atoms with van der Waals surface area (Å²) in [5, 5.41) is 3.49. The number of aryl methyl sites for hydroxylation is 1.